The number of piperidine rings is 2. The molecule has 1 aromatic heterocycles. The average Bonchev–Trinajstić information content (AvgIpc) is 3.50. The molecule has 4 heterocycles. The number of carbonyl (C=O) groups is 1. The number of hydrogen-bond donors (Lipinski definition) is 0. The molecule has 3 aromatic rings. The number of imidazole rings is 1. The molecule has 2 aromatic carbocycles. The molecule has 0 radical (unpaired) electrons. The molecule has 1 saturated carbocycles. The third-order valence-electron chi connectivity index (χ3n) is 11.8. The highest BCUT2D eigenvalue weighted by Gasteiger charge is 2.44. The Morgan fingerprint density at radius 1 is 0.857 bits per heavy atom. The van der Waals surface area contributed by atoms with Crippen LogP contribution in [0.3, 0.4) is 0 Å². The highest BCUT2D eigenvalue weighted by molar-refractivity contribution is 5.76. The Balaban J connectivity index is 1.00. The van der Waals surface area contributed by atoms with Crippen molar-refractivity contribution >= 4 is 16.9 Å². The number of carbonyl (C=O) groups excluding carboxylic acids is 1. The van der Waals surface area contributed by atoms with Crippen LogP contribution in [-0.4, -0.2) is 57.0 Å². The first-order valence-corrected chi connectivity index (χ1v) is 17.1. The summed E-state index contributed by atoms with van der Waals surface area (Å²) in [6.07, 6.45) is 17.2. The van der Waals surface area contributed by atoms with Gasteiger partial charge in [0.2, 0.25) is 5.91 Å². The Hall–Kier alpha value is -2.66. The van der Waals surface area contributed by atoms with Gasteiger partial charge < -0.3 is 9.47 Å². The first-order chi connectivity index (χ1) is 20.6. The number of para-hydroxylation sites is 2. The zero-order valence-electron chi connectivity index (χ0n) is 25.7. The molecule has 7 rings (SSSR count). The Labute approximate surface area is 252 Å². The standard InChI is InChI=1S/C37H50N4O/c1-28-38-34-14-8-9-15-35(34)41(28)33-26-31-17-18-32(27-33)40(31)25-22-37(30-12-6-3-7-13-30)20-23-39(24-21-37)36(42)19-16-29-10-4-2-5-11-29/h3,6-9,12-15,29,31-33H,2,4-5,10-11,16-27H2,1H3/t31-,32+,33+. The van der Waals surface area contributed by atoms with E-state index in [0.29, 0.717) is 24.0 Å². The van der Waals surface area contributed by atoms with Gasteiger partial charge in [0.15, 0.2) is 0 Å². The lowest BCUT2D eigenvalue weighted by Gasteiger charge is -2.46. The fourth-order valence-corrected chi connectivity index (χ4v) is 9.41. The van der Waals surface area contributed by atoms with Crippen molar-refractivity contribution in [3.63, 3.8) is 0 Å². The van der Waals surface area contributed by atoms with Gasteiger partial charge in [-0.25, -0.2) is 4.98 Å². The molecule has 0 unspecified atom stereocenters. The summed E-state index contributed by atoms with van der Waals surface area (Å²) in [5, 5.41) is 0. The van der Waals surface area contributed by atoms with Crippen LogP contribution in [0.4, 0.5) is 0 Å². The molecule has 3 atom stereocenters. The van der Waals surface area contributed by atoms with E-state index in [1.165, 1.54) is 81.8 Å². The number of fused-ring (bicyclic) bond motifs is 3. The van der Waals surface area contributed by atoms with Gasteiger partial charge in [0, 0.05) is 37.6 Å². The summed E-state index contributed by atoms with van der Waals surface area (Å²) in [6.45, 7) is 5.20. The normalized spacial score (nSPS) is 26.6. The molecule has 1 amide bonds. The number of amides is 1. The van der Waals surface area contributed by atoms with Crippen molar-refractivity contribution in [3.05, 3.63) is 66.0 Å². The Bertz CT molecular complexity index is 1340. The minimum Gasteiger partial charge on any atom is -0.343 e. The molecule has 3 aliphatic heterocycles. The van der Waals surface area contributed by atoms with Crippen LogP contribution in [0.2, 0.25) is 0 Å². The second-order valence-electron chi connectivity index (χ2n) is 14.1. The molecule has 42 heavy (non-hydrogen) atoms. The van der Waals surface area contributed by atoms with Crippen molar-refractivity contribution in [3.8, 4) is 0 Å². The molecule has 224 valence electrons. The molecule has 0 N–H and O–H groups in total. The van der Waals surface area contributed by atoms with Crippen molar-refractivity contribution in [2.45, 2.75) is 120 Å². The highest BCUT2D eigenvalue weighted by atomic mass is 16.2. The zero-order valence-corrected chi connectivity index (χ0v) is 25.7. The van der Waals surface area contributed by atoms with E-state index in [1.807, 2.05) is 0 Å². The van der Waals surface area contributed by atoms with Crippen LogP contribution in [-0.2, 0) is 10.2 Å². The van der Waals surface area contributed by atoms with E-state index < -0.39 is 0 Å². The maximum atomic E-state index is 13.2. The average molecular weight is 567 g/mol. The van der Waals surface area contributed by atoms with Gasteiger partial charge in [0.05, 0.1) is 11.0 Å². The van der Waals surface area contributed by atoms with Crippen LogP contribution in [0.1, 0.15) is 107 Å². The summed E-state index contributed by atoms with van der Waals surface area (Å²) in [4.78, 5) is 23.2. The van der Waals surface area contributed by atoms with Gasteiger partial charge in [-0.05, 0) is 93.9 Å². The van der Waals surface area contributed by atoms with Gasteiger partial charge in [-0.1, -0.05) is 74.6 Å². The SMILES string of the molecule is Cc1nc2ccccc2n1[C@H]1C[C@H]2CC[C@@H](C1)N2CCC1(c2ccccc2)CCN(C(=O)CCC2CCCCC2)CC1. The Morgan fingerprint density at radius 2 is 1.55 bits per heavy atom. The van der Waals surface area contributed by atoms with E-state index in [1.54, 1.807) is 0 Å². The quantitative estimate of drug-likeness (QED) is 0.279. The van der Waals surface area contributed by atoms with Crippen molar-refractivity contribution < 1.29 is 4.79 Å². The van der Waals surface area contributed by atoms with E-state index >= 15 is 0 Å². The van der Waals surface area contributed by atoms with Crippen LogP contribution >= 0.6 is 0 Å². The molecular weight excluding hydrogens is 516 g/mol. The van der Waals surface area contributed by atoms with Gasteiger partial charge in [-0.15, -0.1) is 0 Å². The van der Waals surface area contributed by atoms with Gasteiger partial charge >= 0.3 is 0 Å². The topological polar surface area (TPSA) is 41.4 Å². The van der Waals surface area contributed by atoms with Gasteiger partial charge in [-0.2, -0.15) is 0 Å². The fraction of sp³-hybridized carbons (Fsp3) is 0.622. The number of aryl methyl sites for hydroxylation is 1. The van der Waals surface area contributed by atoms with Crippen LogP contribution in [0.5, 0.6) is 0 Å². The number of aromatic nitrogens is 2. The van der Waals surface area contributed by atoms with Crippen LogP contribution in [0.25, 0.3) is 11.0 Å². The molecule has 5 nitrogen and oxygen atoms in total. The minimum absolute atomic E-state index is 0.175. The maximum absolute atomic E-state index is 13.2. The van der Waals surface area contributed by atoms with E-state index in [-0.39, 0.29) is 5.41 Å². The fourth-order valence-electron chi connectivity index (χ4n) is 9.41. The third-order valence-corrected chi connectivity index (χ3v) is 11.8. The first-order valence-electron chi connectivity index (χ1n) is 17.1. The van der Waals surface area contributed by atoms with Crippen LogP contribution in [0, 0.1) is 12.8 Å². The van der Waals surface area contributed by atoms with Crippen molar-refractivity contribution in [2.75, 3.05) is 19.6 Å². The molecular formula is C37H50N4O. The lowest BCUT2D eigenvalue weighted by Crippen LogP contribution is -2.49. The number of nitrogens with zero attached hydrogens (tertiary/aromatic N) is 4. The predicted octanol–water partition coefficient (Wildman–Crippen LogP) is 7.82. The van der Waals surface area contributed by atoms with E-state index in [0.717, 1.165) is 56.0 Å². The van der Waals surface area contributed by atoms with Crippen molar-refractivity contribution in [1.82, 2.24) is 19.4 Å². The summed E-state index contributed by atoms with van der Waals surface area (Å²) in [5.74, 6) is 2.36. The predicted molar refractivity (Wildman–Crippen MR) is 171 cm³/mol. The highest BCUT2D eigenvalue weighted by Crippen LogP contribution is 2.45. The van der Waals surface area contributed by atoms with E-state index in [2.05, 4.69) is 75.9 Å². The van der Waals surface area contributed by atoms with Crippen LogP contribution < -0.4 is 0 Å². The van der Waals surface area contributed by atoms with Gasteiger partial charge in [0.25, 0.3) is 0 Å². The molecule has 1 aliphatic carbocycles. The molecule has 4 fully saturated rings. The molecule has 3 saturated heterocycles. The largest absolute Gasteiger partial charge is 0.343 e. The summed E-state index contributed by atoms with van der Waals surface area (Å²) in [6, 6.07) is 21.8. The number of rotatable bonds is 8. The van der Waals surface area contributed by atoms with E-state index in [9.17, 15) is 4.79 Å². The van der Waals surface area contributed by atoms with Gasteiger partial charge in [0.1, 0.15) is 5.82 Å². The monoisotopic (exact) mass is 566 g/mol. The number of likely N-dealkylation sites (tertiary alicyclic amines) is 1. The Kier molecular flexibility index (Phi) is 8.14. The second-order valence-corrected chi connectivity index (χ2v) is 14.1. The summed E-state index contributed by atoms with van der Waals surface area (Å²) in [7, 11) is 0. The van der Waals surface area contributed by atoms with Crippen LogP contribution in [0.15, 0.2) is 54.6 Å². The van der Waals surface area contributed by atoms with E-state index in [4.69, 9.17) is 4.98 Å². The summed E-state index contributed by atoms with van der Waals surface area (Å²) >= 11 is 0. The van der Waals surface area contributed by atoms with Crippen molar-refractivity contribution in [1.29, 1.82) is 0 Å². The molecule has 2 bridgehead atoms. The third kappa shape index (κ3) is 5.54. The smallest absolute Gasteiger partial charge is 0.222 e. The summed E-state index contributed by atoms with van der Waals surface area (Å²) in [5.41, 5.74) is 4.10. The Morgan fingerprint density at radius 3 is 2.29 bits per heavy atom. The molecule has 0 spiro atoms. The summed E-state index contributed by atoms with van der Waals surface area (Å²) < 4.78 is 2.55. The molecule has 4 aliphatic rings. The number of benzene rings is 2. The first kappa shape index (κ1) is 28.1. The lowest BCUT2D eigenvalue weighted by molar-refractivity contribution is -0.133. The minimum atomic E-state index is 0.175. The van der Waals surface area contributed by atoms with Crippen molar-refractivity contribution in [2.24, 2.45) is 5.92 Å². The molecule has 5 heteroatoms. The zero-order chi connectivity index (χ0) is 28.5. The lowest BCUT2D eigenvalue weighted by atomic mass is 9.70. The van der Waals surface area contributed by atoms with Gasteiger partial charge in [-0.3, -0.25) is 9.69 Å². The maximum Gasteiger partial charge on any atom is 0.222 e. The number of hydrogen-bond acceptors (Lipinski definition) is 3. The second kappa shape index (κ2) is 12.1.